The van der Waals surface area contributed by atoms with E-state index in [0.717, 1.165) is 5.56 Å². The number of hydrogen-bond acceptors (Lipinski definition) is 2. The highest BCUT2D eigenvalue weighted by Gasteiger charge is 2.16. The summed E-state index contributed by atoms with van der Waals surface area (Å²) in [6, 6.07) is 8.48. The van der Waals surface area contributed by atoms with Crippen molar-refractivity contribution in [2.75, 3.05) is 5.32 Å². The first-order valence-corrected chi connectivity index (χ1v) is 6.78. The predicted octanol–water partition coefficient (Wildman–Crippen LogP) is 4.91. The molecule has 0 saturated carbocycles. The number of hydrogen-bond donors (Lipinski definition) is 2. The highest BCUT2D eigenvalue weighted by atomic mass is 35.5. The van der Waals surface area contributed by atoms with Crippen LogP contribution in [-0.2, 0) is 0 Å². The third kappa shape index (κ3) is 2.85. The van der Waals surface area contributed by atoms with Gasteiger partial charge in [-0.2, -0.15) is 0 Å². The fourth-order valence-corrected chi connectivity index (χ4v) is 2.34. The lowest BCUT2D eigenvalue weighted by Gasteiger charge is -2.11. The summed E-state index contributed by atoms with van der Waals surface area (Å²) in [6.45, 7) is 1.83. The quantitative estimate of drug-likeness (QED) is 0.607. The highest BCUT2D eigenvalue weighted by Crippen LogP contribution is 2.42. The zero-order chi connectivity index (χ0) is 14.9. The van der Waals surface area contributed by atoms with E-state index in [4.69, 9.17) is 34.8 Å². The van der Waals surface area contributed by atoms with Gasteiger partial charge in [-0.05, 0) is 24.6 Å². The van der Waals surface area contributed by atoms with Crippen molar-refractivity contribution in [2.24, 2.45) is 0 Å². The topological polar surface area (TPSA) is 49.3 Å². The molecule has 104 valence electrons. The van der Waals surface area contributed by atoms with Gasteiger partial charge in [-0.15, -0.1) is 0 Å². The number of anilines is 1. The van der Waals surface area contributed by atoms with E-state index in [1.807, 2.05) is 19.1 Å². The van der Waals surface area contributed by atoms with Gasteiger partial charge in [0.05, 0.1) is 15.7 Å². The van der Waals surface area contributed by atoms with Crippen molar-refractivity contribution in [3.63, 3.8) is 0 Å². The Balaban J connectivity index is 2.36. The van der Waals surface area contributed by atoms with Crippen LogP contribution < -0.4 is 5.32 Å². The minimum absolute atomic E-state index is 0.0134. The fraction of sp³-hybridized carbons (Fsp3) is 0.0714. The number of phenolic OH excluding ortho intramolecular Hbond substituents is 1. The van der Waals surface area contributed by atoms with Gasteiger partial charge in [-0.1, -0.05) is 53.0 Å². The number of aromatic hydroxyl groups is 1. The minimum atomic E-state index is -0.331. The second-order valence-corrected chi connectivity index (χ2v) is 5.31. The van der Waals surface area contributed by atoms with Crippen molar-refractivity contribution in [1.82, 2.24) is 0 Å². The van der Waals surface area contributed by atoms with Crippen LogP contribution >= 0.6 is 34.8 Å². The third-order valence-electron chi connectivity index (χ3n) is 2.77. The Bertz CT molecular complexity index is 686. The summed E-state index contributed by atoms with van der Waals surface area (Å²) in [5, 5.41) is 12.1. The summed E-state index contributed by atoms with van der Waals surface area (Å²) in [5.74, 6) is -0.643. The van der Waals surface area contributed by atoms with Crippen LogP contribution in [0.4, 0.5) is 5.69 Å². The van der Waals surface area contributed by atoms with Gasteiger partial charge in [0.1, 0.15) is 5.02 Å². The van der Waals surface area contributed by atoms with E-state index in [1.54, 1.807) is 12.1 Å². The average molecular weight is 331 g/mol. The molecule has 0 atom stereocenters. The first-order chi connectivity index (χ1) is 9.41. The van der Waals surface area contributed by atoms with Crippen LogP contribution in [0.15, 0.2) is 30.3 Å². The molecule has 0 aromatic heterocycles. The molecule has 0 aliphatic heterocycles. The number of halogens is 3. The molecule has 0 radical (unpaired) electrons. The molecule has 0 bridgehead atoms. The Kier molecular flexibility index (Phi) is 4.43. The van der Waals surface area contributed by atoms with E-state index in [2.05, 4.69) is 5.32 Å². The molecule has 0 unspecified atom stereocenters. The maximum Gasteiger partial charge on any atom is 0.255 e. The summed E-state index contributed by atoms with van der Waals surface area (Å²) in [5.41, 5.74) is 1.59. The lowest BCUT2D eigenvalue weighted by Crippen LogP contribution is -2.13. The molecule has 0 aliphatic rings. The Labute approximate surface area is 131 Å². The Morgan fingerprint density at radius 1 is 1.15 bits per heavy atom. The van der Waals surface area contributed by atoms with Gasteiger partial charge >= 0.3 is 0 Å². The van der Waals surface area contributed by atoms with Crippen molar-refractivity contribution in [3.05, 3.63) is 56.5 Å². The number of phenols is 1. The maximum absolute atomic E-state index is 12.2. The largest absolute Gasteiger partial charge is 0.505 e. The van der Waals surface area contributed by atoms with Crippen molar-refractivity contribution in [3.8, 4) is 5.75 Å². The number of benzene rings is 2. The minimum Gasteiger partial charge on any atom is -0.505 e. The molecule has 0 heterocycles. The van der Waals surface area contributed by atoms with E-state index in [9.17, 15) is 9.90 Å². The Morgan fingerprint density at radius 3 is 2.45 bits per heavy atom. The second kappa shape index (κ2) is 5.92. The summed E-state index contributed by atoms with van der Waals surface area (Å²) in [4.78, 5) is 12.2. The van der Waals surface area contributed by atoms with Crippen LogP contribution in [0.25, 0.3) is 0 Å². The van der Waals surface area contributed by atoms with E-state index in [0.29, 0.717) is 5.56 Å². The van der Waals surface area contributed by atoms with Gasteiger partial charge in [-0.3, -0.25) is 4.79 Å². The van der Waals surface area contributed by atoms with Gasteiger partial charge in [0, 0.05) is 5.56 Å². The molecule has 2 rings (SSSR count). The van der Waals surface area contributed by atoms with Gasteiger partial charge in [0.25, 0.3) is 5.91 Å². The third-order valence-corrected chi connectivity index (χ3v) is 3.92. The maximum atomic E-state index is 12.2. The molecule has 2 aromatic rings. The number of rotatable bonds is 2. The van der Waals surface area contributed by atoms with Crippen molar-refractivity contribution in [2.45, 2.75) is 6.92 Å². The van der Waals surface area contributed by atoms with Crippen LogP contribution in [0.3, 0.4) is 0 Å². The number of amides is 1. The standard InChI is InChI=1S/C14H10Cl3NO2/c1-7-4-2-3-5-8(7)14(20)18-10-6-9(15)13(19)12(17)11(10)16/h2-6,19H,1H3,(H,18,20). The molecule has 0 fully saturated rings. The molecular formula is C14H10Cl3NO2. The van der Waals surface area contributed by atoms with E-state index < -0.39 is 0 Å². The summed E-state index contributed by atoms with van der Waals surface area (Å²) in [7, 11) is 0. The molecule has 20 heavy (non-hydrogen) atoms. The van der Waals surface area contributed by atoms with E-state index in [1.165, 1.54) is 6.07 Å². The molecule has 2 N–H and O–H groups in total. The molecule has 0 aliphatic carbocycles. The van der Waals surface area contributed by atoms with E-state index >= 15 is 0 Å². The smallest absolute Gasteiger partial charge is 0.255 e. The highest BCUT2D eigenvalue weighted by molar-refractivity contribution is 6.46. The number of nitrogens with one attached hydrogen (secondary N) is 1. The predicted molar refractivity (Wildman–Crippen MR) is 82.3 cm³/mol. The molecule has 0 spiro atoms. The zero-order valence-corrected chi connectivity index (χ0v) is 12.6. The molecule has 0 saturated heterocycles. The monoisotopic (exact) mass is 329 g/mol. The van der Waals surface area contributed by atoms with Crippen molar-refractivity contribution >= 4 is 46.4 Å². The summed E-state index contributed by atoms with van der Waals surface area (Å²) in [6.07, 6.45) is 0. The first kappa shape index (κ1) is 15.0. The van der Waals surface area contributed by atoms with Gasteiger partial charge < -0.3 is 10.4 Å². The fourth-order valence-electron chi connectivity index (χ4n) is 1.69. The lowest BCUT2D eigenvalue weighted by molar-refractivity contribution is 0.102. The Hall–Kier alpha value is -1.42. The van der Waals surface area contributed by atoms with Crippen LogP contribution in [0, 0.1) is 6.92 Å². The van der Waals surface area contributed by atoms with Crippen molar-refractivity contribution in [1.29, 1.82) is 0 Å². The van der Waals surface area contributed by atoms with Gasteiger partial charge in [0.15, 0.2) is 5.75 Å². The average Bonchev–Trinajstić information content (AvgIpc) is 2.42. The van der Waals surface area contributed by atoms with Crippen LogP contribution in [-0.4, -0.2) is 11.0 Å². The van der Waals surface area contributed by atoms with Crippen molar-refractivity contribution < 1.29 is 9.90 Å². The molecule has 3 nitrogen and oxygen atoms in total. The lowest BCUT2D eigenvalue weighted by atomic mass is 10.1. The first-order valence-electron chi connectivity index (χ1n) is 5.65. The van der Waals surface area contributed by atoms with E-state index in [-0.39, 0.29) is 32.4 Å². The molecule has 6 heteroatoms. The Morgan fingerprint density at radius 2 is 1.80 bits per heavy atom. The SMILES string of the molecule is Cc1ccccc1C(=O)Nc1cc(Cl)c(O)c(Cl)c1Cl. The summed E-state index contributed by atoms with van der Waals surface area (Å²) < 4.78 is 0. The van der Waals surface area contributed by atoms with Crippen LogP contribution in [0.2, 0.25) is 15.1 Å². The normalized spacial score (nSPS) is 10.4. The number of carbonyl (C=O) groups is 1. The number of carbonyl (C=O) groups excluding carboxylic acids is 1. The van der Waals surface area contributed by atoms with Crippen LogP contribution in [0.5, 0.6) is 5.75 Å². The summed E-state index contributed by atoms with van der Waals surface area (Å²) >= 11 is 17.6. The molecule has 1 amide bonds. The molecule has 2 aromatic carbocycles. The number of aryl methyl sites for hydroxylation is 1. The zero-order valence-electron chi connectivity index (χ0n) is 10.4. The van der Waals surface area contributed by atoms with Gasteiger partial charge in [0.2, 0.25) is 0 Å². The van der Waals surface area contributed by atoms with Gasteiger partial charge in [-0.25, -0.2) is 0 Å². The second-order valence-electron chi connectivity index (χ2n) is 4.15. The van der Waals surface area contributed by atoms with Crippen LogP contribution in [0.1, 0.15) is 15.9 Å². The molecular weight excluding hydrogens is 321 g/mol.